The molecule has 0 spiro atoms. The summed E-state index contributed by atoms with van der Waals surface area (Å²) in [6.45, 7) is 14.0. The van der Waals surface area contributed by atoms with E-state index in [1.807, 2.05) is 6.92 Å². The summed E-state index contributed by atoms with van der Waals surface area (Å²) in [5.74, 6) is -0.121. The van der Waals surface area contributed by atoms with Gasteiger partial charge in [0.25, 0.3) is 0 Å². The Morgan fingerprint density at radius 3 is 2.11 bits per heavy atom. The van der Waals surface area contributed by atoms with Gasteiger partial charge in [0.05, 0.1) is 6.61 Å². The van der Waals surface area contributed by atoms with Gasteiger partial charge in [-0.25, -0.2) is 0 Å². The van der Waals surface area contributed by atoms with Gasteiger partial charge in [0.2, 0.25) is 0 Å². The maximum atomic E-state index is 11.9. The number of rotatable bonds is 11. The summed E-state index contributed by atoms with van der Waals surface area (Å²) in [6.07, 6.45) is 3.13. The van der Waals surface area contributed by atoms with Gasteiger partial charge in [0.15, 0.2) is 0 Å². The Labute approximate surface area is 118 Å². The van der Waals surface area contributed by atoms with E-state index < -0.39 is 0 Å². The van der Waals surface area contributed by atoms with Gasteiger partial charge in [-0.1, -0.05) is 27.7 Å². The summed E-state index contributed by atoms with van der Waals surface area (Å²) in [5, 5.41) is 3.30. The molecule has 1 N–H and O–H groups in total. The first kappa shape index (κ1) is 18.4. The molecule has 0 aliphatic carbocycles. The molecule has 4 nitrogen and oxygen atoms in total. The average Bonchev–Trinajstić information content (AvgIpc) is 2.34. The fourth-order valence-electron chi connectivity index (χ4n) is 2.19. The van der Waals surface area contributed by atoms with Crippen LogP contribution in [0.15, 0.2) is 0 Å². The molecule has 0 saturated carbocycles. The first-order chi connectivity index (χ1) is 9.04. The van der Waals surface area contributed by atoms with Crippen molar-refractivity contribution >= 4 is 5.97 Å². The van der Waals surface area contributed by atoms with Crippen molar-refractivity contribution in [3.05, 3.63) is 0 Å². The van der Waals surface area contributed by atoms with E-state index in [4.69, 9.17) is 4.74 Å². The molecule has 0 radical (unpaired) electrons. The molecule has 0 bridgehead atoms. The van der Waals surface area contributed by atoms with Crippen LogP contribution in [0.25, 0.3) is 0 Å². The molecule has 0 aliphatic heterocycles. The second-order valence-electron chi connectivity index (χ2n) is 5.26. The molecule has 1 unspecified atom stereocenters. The van der Waals surface area contributed by atoms with Gasteiger partial charge in [0, 0.05) is 12.6 Å². The molecule has 19 heavy (non-hydrogen) atoms. The Morgan fingerprint density at radius 1 is 1.11 bits per heavy atom. The summed E-state index contributed by atoms with van der Waals surface area (Å²) in [7, 11) is 0. The number of hydrogen-bond donors (Lipinski definition) is 1. The highest BCUT2D eigenvalue weighted by Gasteiger charge is 2.20. The predicted molar refractivity (Wildman–Crippen MR) is 80.3 cm³/mol. The van der Waals surface area contributed by atoms with Gasteiger partial charge in [0.1, 0.15) is 6.04 Å². The van der Waals surface area contributed by atoms with Crippen LogP contribution in [-0.4, -0.2) is 49.2 Å². The third-order valence-corrected chi connectivity index (χ3v) is 2.92. The SMILES string of the molecule is CCCN(CCC)CCC(NC(C)C)C(=O)OCC. The van der Waals surface area contributed by atoms with Crippen LogP contribution in [0.3, 0.4) is 0 Å². The minimum absolute atomic E-state index is 0.121. The number of nitrogens with one attached hydrogen (secondary N) is 1. The van der Waals surface area contributed by atoms with Gasteiger partial charge in [-0.3, -0.25) is 4.79 Å². The fraction of sp³-hybridized carbons (Fsp3) is 0.933. The normalized spacial score (nSPS) is 13.0. The zero-order chi connectivity index (χ0) is 14.7. The zero-order valence-corrected chi connectivity index (χ0v) is 13.4. The van der Waals surface area contributed by atoms with Crippen LogP contribution in [-0.2, 0) is 9.53 Å². The predicted octanol–water partition coefficient (Wildman–Crippen LogP) is 2.43. The van der Waals surface area contributed by atoms with Crippen molar-refractivity contribution < 1.29 is 9.53 Å². The molecule has 4 heteroatoms. The van der Waals surface area contributed by atoms with Gasteiger partial charge >= 0.3 is 5.97 Å². The first-order valence-electron chi connectivity index (χ1n) is 7.70. The minimum atomic E-state index is -0.184. The summed E-state index contributed by atoms with van der Waals surface area (Å²) in [5.41, 5.74) is 0. The Balaban J connectivity index is 4.32. The van der Waals surface area contributed by atoms with E-state index >= 15 is 0 Å². The third-order valence-electron chi connectivity index (χ3n) is 2.92. The maximum absolute atomic E-state index is 11.9. The van der Waals surface area contributed by atoms with Crippen LogP contribution in [0.4, 0.5) is 0 Å². The number of hydrogen-bond acceptors (Lipinski definition) is 4. The molecule has 0 saturated heterocycles. The van der Waals surface area contributed by atoms with Crippen LogP contribution in [0.1, 0.15) is 53.9 Å². The number of nitrogens with zero attached hydrogens (tertiary/aromatic N) is 1. The molecule has 0 aromatic carbocycles. The lowest BCUT2D eigenvalue weighted by Gasteiger charge is -2.25. The molecule has 1 atom stereocenters. The lowest BCUT2D eigenvalue weighted by Crippen LogP contribution is -2.44. The van der Waals surface area contributed by atoms with E-state index in [-0.39, 0.29) is 12.0 Å². The second kappa shape index (κ2) is 11.2. The third kappa shape index (κ3) is 9.00. The van der Waals surface area contributed by atoms with Crippen LogP contribution in [0.5, 0.6) is 0 Å². The molecule has 114 valence electrons. The van der Waals surface area contributed by atoms with Crippen molar-refractivity contribution in [2.24, 2.45) is 0 Å². The van der Waals surface area contributed by atoms with Crippen molar-refractivity contribution in [2.45, 2.75) is 66.0 Å². The zero-order valence-electron chi connectivity index (χ0n) is 13.4. The van der Waals surface area contributed by atoms with Crippen LogP contribution < -0.4 is 5.32 Å². The summed E-state index contributed by atoms with van der Waals surface area (Å²) < 4.78 is 5.14. The van der Waals surface area contributed by atoms with Crippen LogP contribution >= 0.6 is 0 Å². The average molecular weight is 272 g/mol. The lowest BCUT2D eigenvalue weighted by molar-refractivity contribution is -0.146. The molecule has 0 aliphatic rings. The van der Waals surface area contributed by atoms with Gasteiger partial charge in [-0.15, -0.1) is 0 Å². The summed E-state index contributed by atoms with van der Waals surface area (Å²) >= 11 is 0. The monoisotopic (exact) mass is 272 g/mol. The number of carbonyl (C=O) groups is 1. The quantitative estimate of drug-likeness (QED) is 0.587. The first-order valence-corrected chi connectivity index (χ1v) is 7.70. The highest BCUT2D eigenvalue weighted by atomic mass is 16.5. The standard InChI is InChI=1S/C15H32N2O2/c1-6-10-17(11-7-2)12-9-14(16-13(4)5)15(18)19-8-3/h13-14,16H,6-12H2,1-5H3. The molecule has 0 rings (SSSR count). The number of carbonyl (C=O) groups excluding carboxylic acids is 1. The highest BCUT2D eigenvalue weighted by molar-refractivity contribution is 5.75. The van der Waals surface area contributed by atoms with E-state index in [9.17, 15) is 4.79 Å². The smallest absolute Gasteiger partial charge is 0.323 e. The van der Waals surface area contributed by atoms with Crippen molar-refractivity contribution in [1.29, 1.82) is 0 Å². The Bertz CT molecular complexity index is 226. The van der Waals surface area contributed by atoms with E-state index in [0.29, 0.717) is 12.6 Å². The Hall–Kier alpha value is -0.610. The molecule has 0 aromatic heterocycles. The van der Waals surface area contributed by atoms with Crippen molar-refractivity contribution in [1.82, 2.24) is 10.2 Å². The van der Waals surface area contributed by atoms with Gasteiger partial charge < -0.3 is 15.0 Å². The number of esters is 1. The molecule has 0 aromatic rings. The maximum Gasteiger partial charge on any atom is 0.323 e. The second-order valence-corrected chi connectivity index (χ2v) is 5.26. The topological polar surface area (TPSA) is 41.6 Å². The molecule has 0 heterocycles. The van der Waals surface area contributed by atoms with E-state index in [2.05, 4.69) is 37.9 Å². The molecular weight excluding hydrogens is 240 g/mol. The van der Waals surface area contributed by atoms with Crippen molar-refractivity contribution in [3.8, 4) is 0 Å². The van der Waals surface area contributed by atoms with Gasteiger partial charge in [-0.2, -0.15) is 0 Å². The van der Waals surface area contributed by atoms with E-state index in [0.717, 1.165) is 38.9 Å². The van der Waals surface area contributed by atoms with Crippen LogP contribution in [0, 0.1) is 0 Å². The number of ether oxygens (including phenoxy) is 1. The van der Waals surface area contributed by atoms with Gasteiger partial charge in [-0.05, 0) is 39.3 Å². The minimum Gasteiger partial charge on any atom is -0.465 e. The van der Waals surface area contributed by atoms with Crippen molar-refractivity contribution in [2.75, 3.05) is 26.2 Å². The molecule has 0 amide bonds. The fourth-order valence-corrected chi connectivity index (χ4v) is 2.19. The lowest BCUT2D eigenvalue weighted by atomic mass is 10.1. The van der Waals surface area contributed by atoms with E-state index in [1.54, 1.807) is 0 Å². The van der Waals surface area contributed by atoms with E-state index in [1.165, 1.54) is 0 Å². The molecule has 0 fully saturated rings. The summed E-state index contributed by atoms with van der Waals surface area (Å²) in [4.78, 5) is 14.3. The van der Waals surface area contributed by atoms with Crippen LogP contribution in [0.2, 0.25) is 0 Å². The Morgan fingerprint density at radius 2 is 1.68 bits per heavy atom. The van der Waals surface area contributed by atoms with Crippen molar-refractivity contribution in [3.63, 3.8) is 0 Å². The molecular formula is C15H32N2O2. The highest BCUT2D eigenvalue weighted by Crippen LogP contribution is 2.03. The largest absolute Gasteiger partial charge is 0.465 e. The summed E-state index contributed by atoms with van der Waals surface area (Å²) in [6, 6.07) is 0.108. The Kier molecular flexibility index (Phi) is 10.9.